The second kappa shape index (κ2) is 3.27. The van der Waals surface area contributed by atoms with E-state index in [9.17, 15) is 9.59 Å². The summed E-state index contributed by atoms with van der Waals surface area (Å²) >= 11 is 0. The van der Waals surface area contributed by atoms with Crippen molar-refractivity contribution in [1.82, 2.24) is 9.55 Å². The highest BCUT2D eigenvalue weighted by Gasteiger charge is 2.20. The van der Waals surface area contributed by atoms with Crippen molar-refractivity contribution in [3.63, 3.8) is 0 Å². The summed E-state index contributed by atoms with van der Waals surface area (Å²) in [6.45, 7) is 0. The molecule has 0 amide bonds. The van der Waals surface area contributed by atoms with Gasteiger partial charge in [0, 0.05) is 12.8 Å². The van der Waals surface area contributed by atoms with Gasteiger partial charge in [-0.3, -0.25) is 9.59 Å². The van der Waals surface area contributed by atoms with Gasteiger partial charge in [0.05, 0.1) is 10.9 Å². The number of rotatable bonds is 0. The predicted molar refractivity (Wildman–Crippen MR) is 59.6 cm³/mol. The van der Waals surface area contributed by atoms with E-state index in [0.29, 0.717) is 29.6 Å². The van der Waals surface area contributed by atoms with Crippen molar-refractivity contribution in [2.75, 3.05) is 0 Å². The van der Waals surface area contributed by atoms with E-state index < -0.39 is 0 Å². The smallest absolute Gasteiger partial charge is 0.268 e. The molecular weight excluding hydrogens is 204 g/mol. The van der Waals surface area contributed by atoms with Gasteiger partial charge in [-0.05, 0) is 18.6 Å². The van der Waals surface area contributed by atoms with Crippen molar-refractivity contribution >= 4 is 16.8 Å². The van der Waals surface area contributed by atoms with Gasteiger partial charge < -0.3 is 0 Å². The zero-order valence-electron chi connectivity index (χ0n) is 8.64. The predicted octanol–water partition coefficient (Wildman–Crippen LogP) is 1.37. The van der Waals surface area contributed by atoms with Crippen LogP contribution < -0.4 is 5.56 Å². The molecule has 0 spiro atoms. The monoisotopic (exact) mass is 214 g/mol. The number of carbonyl (C=O) groups excluding carboxylic acids is 1. The minimum Gasteiger partial charge on any atom is -0.274 e. The van der Waals surface area contributed by atoms with Crippen molar-refractivity contribution in [3.05, 3.63) is 40.4 Å². The van der Waals surface area contributed by atoms with E-state index >= 15 is 0 Å². The van der Waals surface area contributed by atoms with E-state index in [1.807, 2.05) is 6.07 Å². The molecule has 0 atom stereocenters. The number of hydrogen-bond donors (Lipinski definition) is 0. The Morgan fingerprint density at radius 2 is 1.94 bits per heavy atom. The lowest BCUT2D eigenvalue weighted by Crippen LogP contribution is -2.33. The Kier molecular flexibility index (Phi) is 1.89. The maximum Gasteiger partial charge on any atom is 0.268 e. The molecule has 4 heteroatoms. The molecule has 0 unspecified atom stereocenters. The molecule has 2 heterocycles. The van der Waals surface area contributed by atoms with Crippen LogP contribution in [0.25, 0.3) is 10.9 Å². The van der Waals surface area contributed by atoms with E-state index in [1.54, 1.807) is 18.2 Å². The van der Waals surface area contributed by atoms with Crippen molar-refractivity contribution in [3.8, 4) is 0 Å². The molecule has 2 aromatic rings. The molecule has 1 aliphatic rings. The third kappa shape index (κ3) is 1.19. The fraction of sp³-hybridized carbons (Fsp3) is 0.250. The van der Waals surface area contributed by atoms with E-state index in [4.69, 9.17) is 0 Å². The quantitative estimate of drug-likeness (QED) is 0.665. The summed E-state index contributed by atoms with van der Waals surface area (Å²) in [6.07, 6.45) is 1.92. The van der Waals surface area contributed by atoms with Crippen molar-refractivity contribution in [1.29, 1.82) is 0 Å². The van der Waals surface area contributed by atoms with Gasteiger partial charge in [-0.1, -0.05) is 12.1 Å². The van der Waals surface area contributed by atoms with Gasteiger partial charge in [0.25, 0.3) is 5.56 Å². The molecule has 1 aromatic heterocycles. The highest BCUT2D eigenvalue weighted by molar-refractivity contribution is 5.85. The average molecular weight is 214 g/mol. The number of aryl methyl sites for hydroxylation is 1. The third-order valence-corrected chi connectivity index (χ3v) is 2.89. The third-order valence-electron chi connectivity index (χ3n) is 2.89. The van der Waals surface area contributed by atoms with Gasteiger partial charge in [0.1, 0.15) is 5.82 Å². The van der Waals surface area contributed by atoms with Crippen molar-refractivity contribution in [2.24, 2.45) is 0 Å². The molecule has 0 radical (unpaired) electrons. The van der Waals surface area contributed by atoms with Crippen molar-refractivity contribution < 1.29 is 4.79 Å². The second-order valence-corrected chi connectivity index (χ2v) is 3.93. The van der Waals surface area contributed by atoms with Gasteiger partial charge in [-0.2, -0.15) is 0 Å². The SMILES string of the molecule is O=C1CCCc2nc3ccccc3c(=O)n21. The fourth-order valence-corrected chi connectivity index (χ4v) is 2.11. The summed E-state index contributed by atoms with van der Waals surface area (Å²) in [5.74, 6) is 0.462. The van der Waals surface area contributed by atoms with Crippen LogP contribution in [0, 0.1) is 0 Å². The van der Waals surface area contributed by atoms with Gasteiger partial charge in [0.15, 0.2) is 0 Å². The number of aromatic nitrogens is 2. The van der Waals surface area contributed by atoms with Crippen LogP contribution in [-0.2, 0) is 6.42 Å². The molecule has 4 nitrogen and oxygen atoms in total. The summed E-state index contributed by atoms with van der Waals surface area (Å²) in [4.78, 5) is 28.1. The van der Waals surface area contributed by atoms with E-state index in [0.717, 1.165) is 6.42 Å². The van der Waals surface area contributed by atoms with Gasteiger partial charge in [-0.15, -0.1) is 0 Å². The van der Waals surface area contributed by atoms with Crippen LogP contribution >= 0.6 is 0 Å². The Labute approximate surface area is 91.5 Å². The van der Waals surface area contributed by atoms with Crippen LogP contribution in [0.15, 0.2) is 29.1 Å². The molecule has 0 aliphatic carbocycles. The first-order valence-corrected chi connectivity index (χ1v) is 5.31. The van der Waals surface area contributed by atoms with Crippen LogP contribution in [0.5, 0.6) is 0 Å². The van der Waals surface area contributed by atoms with E-state index in [1.165, 1.54) is 4.57 Å². The van der Waals surface area contributed by atoms with Crippen LogP contribution in [-0.4, -0.2) is 15.5 Å². The number of benzene rings is 1. The average Bonchev–Trinajstić information content (AvgIpc) is 2.29. The largest absolute Gasteiger partial charge is 0.274 e. The molecule has 80 valence electrons. The Morgan fingerprint density at radius 1 is 1.12 bits per heavy atom. The first-order chi connectivity index (χ1) is 7.77. The van der Waals surface area contributed by atoms with Crippen molar-refractivity contribution in [2.45, 2.75) is 19.3 Å². The molecule has 0 saturated heterocycles. The number of fused-ring (bicyclic) bond motifs is 2. The normalized spacial score (nSPS) is 15.1. The first kappa shape index (κ1) is 9.27. The van der Waals surface area contributed by atoms with Crippen LogP contribution in [0.4, 0.5) is 0 Å². The number of hydrogen-bond acceptors (Lipinski definition) is 3. The second-order valence-electron chi connectivity index (χ2n) is 3.93. The zero-order valence-corrected chi connectivity index (χ0v) is 8.64. The first-order valence-electron chi connectivity index (χ1n) is 5.31. The highest BCUT2D eigenvalue weighted by atomic mass is 16.2. The summed E-state index contributed by atoms with van der Waals surface area (Å²) in [5, 5.41) is 0.515. The lowest BCUT2D eigenvalue weighted by atomic mass is 10.1. The number of carbonyl (C=O) groups is 1. The zero-order chi connectivity index (χ0) is 11.1. The van der Waals surface area contributed by atoms with Crippen LogP contribution in [0.2, 0.25) is 0 Å². The summed E-state index contributed by atoms with van der Waals surface area (Å²) in [6, 6.07) is 7.14. The van der Waals surface area contributed by atoms with Crippen LogP contribution in [0.3, 0.4) is 0 Å². The minimum absolute atomic E-state index is 0.135. The Morgan fingerprint density at radius 3 is 2.81 bits per heavy atom. The Hall–Kier alpha value is -1.97. The molecule has 0 fully saturated rings. The summed E-state index contributed by atoms with van der Waals surface area (Å²) in [7, 11) is 0. The van der Waals surface area contributed by atoms with E-state index in [2.05, 4.69) is 4.98 Å². The van der Waals surface area contributed by atoms with Crippen LogP contribution in [0.1, 0.15) is 23.5 Å². The topological polar surface area (TPSA) is 52.0 Å². The standard InChI is InChI=1S/C12H10N2O2/c15-11-7-3-6-10-13-9-5-2-1-4-8(9)12(16)14(10)11/h1-2,4-5H,3,6-7H2. The maximum absolute atomic E-state index is 12.1. The summed E-state index contributed by atoms with van der Waals surface area (Å²) in [5.41, 5.74) is 0.443. The lowest BCUT2D eigenvalue weighted by Gasteiger charge is -2.16. The molecule has 0 N–H and O–H groups in total. The van der Waals surface area contributed by atoms with Gasteiger partial charge >= 0.3 is 0 Å². The Balaban J connectivity index is 2.46. The molecule has 1 aromatic carbocycles. The molecule has 0 saturated carbocycles. The number of para-hydroxylation sites is 1. The fourth-order valence-electron chi connectivity index (χ4n) is 2.11. The number of nitrogens with zero attached hydrogens (tertiary/aromatic N) is 2. The van der Waals surface area contributed by atoms with Gasteiger partial charge in [0.2, 0.25) is 5.91 Å². The molecule has 0 bridgehead atoms. The van der Waals surface area contributed by atoms with E-state index in [-0.39, 0.29) is 11.5 Å². The Bertz CT molecular complexity index is 643. The minimum atomic E-state index is -0.231. The lowest BCUT2D eigenvalue weighted by molar-refractivity contribution is 0.0876. The highest BCUT2D eigenvalue weighted by Crippen LogP contribution is 2.14. The molecule has 3 rings (SSSR count). The molecule has 1 aliphatic heterocycles. The maximum atomic E-state index is 12.1. The van der Waals surface area contributed by atoms with Gasteiger partial charge in [-0.25, -0.2) is 9.55 Å². The molecular formula is C12H10N2O2. The molecule has 16 heavy (non-hydrogen) atoms. The summed E-state index contributed by atoms with van der Waals surface area (Å²) < 4.78 is 1.23.